The van der Waals surface area contributed by atoms with E-state index < -0.39 is 0 Å². The lowest BCUT2D eigenvalue weighted by atomic mass is 10.1. The van der Waals surface area contributed by atoms with Gasteiger partial charge >= 0.3 is 0 Å². The highest BCUT2D eigenvalue weighted by atomic mass is 14.9. The summed E-state index contributed by atoms with van der Waals surface area (Å²) in [6.07, 6.45) is 2.35. The van der Waals surface area contributed by atoms with Gasteiger partial charge in [-0.25, -0.2) is 0 Å². The van der Waals surface area contributed by atoms with Crippen molar-refractivity contribution in [2.45, 2.75) is 40.5 Å². The van der Waals surface area contributed by atoms with E-state index >= 15 is 0 Å². The first kappa shape index (κ1) is 13.0. The average Bonchev–Trinajstić information content (AvgIpc) is 2.20. The molecule has 1 aromatic carbocycles. The van der Waals surface area contributed by atoms with E-state index in [1.165, 1.54) is 17.7 Å². The number of rotatable bonds is 3. The highest BCUT2D eigenvalue weighted by Crippen LogP contribution is 2.14. The van der Waals surface area contributed by atoms with Crippen LogP contribution >= 0.6 is 0 Å². The fraction of sp³-hybridized carbons (Fsp3) is 0.538. The lowest BCUT2D eigenvalue weighted by Gasteiger charge is -2.07. The van der Waals surface area contributed by atoms with E-state index in [4.69, 9.17) is 0 Å². The Morgan fingerprint density at radius 3 is 2.07 bits per heavy atom. The molecule has 0 spiro atoms. The van der Waals surface area contributed by atoms with E-state index in [0.717, 1.165) is 13.0 Å². The van der Waals surface area contributed by atoms with Crippen molar-refractivity contribution in [1.82, 2.24) is 0 Å². The summed E-state index contributed by atoms with van der Waals surface area (Å²) in [6.45, 7) is 9.54. The van der Waals surface area contributed by atoms with E-state index in [2.05, 4.69) is 57.3 Å². The lowest BCUT2D eigenvalue weighted by Crippen LogP contribution is -1.99. The molecule has 0 aliphatic carbocycles. The van der Waals surface area contributed by atoms with Crippen molar-refractivity contribution in [2.24, 2.45) is 0 Å². The number of hydrogen-bond donors (Lipinski definition) is 1. The van der Waals surface area contributed by atoms with Crippen LogP contribution in [0.3, 0.4) is 0 Å². The van der Waals surface area contributed by atoms with Crippen LogP contribution in [0, 0.1) is 0 Å². The van der Waals surface area contributed by atoms with Crippen LogP contribution in [0.25, 0.3) is 0 Å². The van der Waals surface area contributed by atoms with Gasteiger partial charge in [0.05, 0.1) is 0 Å². The minimum atomic E-state index is 0.997. The van der Waals surface area contributed by atoms with Gasteiger partial charge in [0.2, 0.25) is 0 Å². The van der Waals surface area contributed by atoms with Gasteiger partial charge in [-0.3, -0.25) is 0 Å². The minimum Gasteiger partial charge on any atom is -0.385 e. The van der Waals surface area contributed by atoms with Crippen LogP contribution in [-0.2, 0) is 6.42 Å². The van der Waals surface area contributed by atoms with Crippen molar-refractivity contribution in [3.8, 4) is 0 Å². The molecule has 0 saturated carbocycles. The number of anilines is 1. The monoisotopic (exact) mass is 193 g/mol. The molecule has 0 amide bonds. The van der Waals surface area contributed by atoms with E-state index in [0.29, 0.717) is 0 Å². The lowest BCUT2D eigenvalue weighted by molar-refractivity contribution is 1.09. The Balaban J connectivity index is 0.000000500. The fourth-order valence-electron chi connectivity index (χ4n) is 1.19. The summed E-state index contributed by atoms with van der Waals surface area (Å²) in [7, 11) is 0. The van der Waals surface area contributed by atoms with Gasteiger partial charge in [-0.1, -0.05) is 45.4 Å². The average molecular weight is 193 g/mol. The molecule has 0 radical (unpaired) electrons. The second-order valence-corrected chi connectivity index (χ2v) is 3.25. The van der Waals surface area contributed by atoms with Crippen molar-refractivity contribution in [2.75, 3.05) is 11.9 Å². The summed E-state index contributed by atoms with van der Waals surface area (Å²) >= 11 is 0. The van der Waals surface area contributed by atoms with Gasteiger partial charge in [0.1, 0.15) is 0 Å². The first-order chi connectivity index (χ1) is 6.79. The number of nitrogens with one attached hydrogen (secondary N) is 1. The van der Waals surface area contributed by atoms with E-state index in [1.807, 2.05) is 0 Å². The zero-order valence-electron chi connectivity index (χ0n) is 9.93. The smallest absolute Gasteiger partial charge is 0.0372 e. The van der Waals surface area contributed by atoms with Crippen molar-refractivity contribution in [1.29, 1.82) is 0 Å². The van der Waals surface area contributed by atoms with Gasteiger partial charge in [0.25, 0.3) is 0 Å². The maximum atomic E-state index is 3.33. The quantitative estimate of drug-likeness (QED) is 0.762. The molecule has 14 heavy (non-hydrogen) atoms. The van der Waals surface area contributed by atoms with Crippen LogP contribution in [0.4, 0.5) is 5.69 Å². The molecule has 0 saturated heterocycles. The predicted octanol–water partition coefficient (Wildman–Crippen LogP) is 4.10. The molecule has 0 unspecified atom stereocenters. The van der Waals surface area contributed by atoms with Crippen molar-refractivity contribution >= 4 is 5.69 Å². The largest absolute Gasteiger partial charge is 0.385 e. The summed E-state index contributed by atoms with van der Waals surface area (Å²) in [5, 5.41) is 3.33. The third-order valence-corrected chi connectivity index (χ3v) is 1.77. The van der Waals surface area contributed by atoms with Gasteiger partial charge in [-0.2, -0.15) is 0 Å². The zero-order valence-corrected chi connectivity index (χ0v) is 9.93. The molecular formula is C13H23N. The molecular weight excluding hydrogens is 170 g/mol. The Labute approximate surface area is 88.5 Å². The van der Waals surface area contributed by atoms with Crippen molar-refractivity contribution in [3.63, 3.8) is 0 Å². The molecule has 0 bridgehead atoms. The Morgan fingerprint density at radius 1 is 1.00 bits per heavy atom. The first-order valence-electron chi connectivity index (χ1n) is 5.61. The highest BCUT2D eigenvalue weighted by molar-refractivity contribution is 5.50. The van der Waals surface area contributed by atoms with E-state index in [1.54, 1.807) is 0 Å². The number of para-hydroxylation sites is 1. The third-order valence-electron chi connectivity index (χ3n) is 1.77. The van der Waals surface area contributed by atoms with Crippen LogP contribution in [0.1, 0.15) is 39.7 Å². The Hall–Kier alpha value is -0.980. The number of aryl methyl sites for hydroxylation is 1. The molecule has 0 aliphatic heterocycles. The Bertz CT molecular complexity index is 230. The molecule has 0 aliphatic rings. The van der Waals surface area contributed by atoms with Crippen LogP contribution in [0.5, 0.6) is 0 Å². The summed E-state index contributed by atoms with van der Waals surface area (Å²) in [6, 6.07) is 8.44. The second kappa shape index (κ2) is 8.61. The van der Waals surface area contributed by atoms with Crippen LogP contribution < -0.4 is 5.32 Å². The molecule has 1 nitrogen and oxygen atoms in total. The minimum absolute atomic E-state index is 0.997. The third kappa shape index (κ3) is 4.90. The van der Waals surface area contributed by atoms with E-state index in [9.17, 15) is 0 Å². The second-order valence-electron chi connectivity index (χ2n) is 3.25. The van der Waals surface area contributed by atoms with Gasteiger partial charge in [0, 0.05) is 12.2 Å². The summed E-state index contributed by atoms with van der Waals surface area (Å²) in [4.78, 5) is 0. The molecule has 0 heterocycles. The summed E-state index contributed by atoms with van der Waals surface area (Å²) < 4.78 is 0. The molecule has 80 valence electrons. The van der Waals surface area contributed by atoms with Gasteiger partial charge in [0.15, 0.2) is 0 Å². The summed E-state index contributed by atoms with van der Waals surface area (Å²) in [5.41, 5.74) is 2.67. The normalized spacial score (nSPS) is 8.86. The summed E-state index contributed by atoms with van der Waals surface area (Å²) in [5.74, 6) is 0. The standard InChI is InChI=1S/C10H15N.C3H8/c1-3-9-7-5-6-8-10(9)11-4-2;1-3-2/h5-8,11H,3-4H2,1-2H3;3H2,1-2H3. The molecule has 0 atom stereocenters. The highest BCUT2D eigenvalue weighted by Gasteiger charge is 1.95. The van der Waals surface area contributed by atoms with Crippen molar-refractivity contribution < 1.29 is 0 Å². The fourth-order valence-corrected chi connectivity index (χ4v) is 1.19. The Morgan fingerprint density at radius 2 is 1.57 bits per heavy atom. The van der Waals surface area contributed by atoms with Gasteiger partial charge in [-0.05, 0) is 25.0 Å². The predicted molar refractivity (Wildman–Crippen MR) is 65.9 cm³/mol. The molecule has 0 fully saturated rings. The molecule has 1 heteroatoms. The van der Waals surface area contributed by atoms with Crippen LogP contribution in [0.2, 0.25) is 0 Å². The SMILES string of the molecule is CCC.CCNc1ccccc1CC. The molecule has 1 rings (SSSR count). The van der Waals surface area contributed by atoms with Gasteiger partial charge in [-0.15, -0.1) is 0 Å². The maximum Gasteiger partial charge on any atom is 0.0372 e. The molecule has 0 aromatic heterocycles. The topological polar surface area (TPSA) is 12.0 Å². The van der Waals surface area contributed by atoms with Crippen LogP contribution in [-0.4, -0.2) is 6.54 Å². The molecule has 1 aromatic rings. The zero-order chi connectivity index (χ0) is 10.8. The Kier molecular flexibility index (Phi) is 8.01. The van der Waals surface area contributed by atoms with Crippen molar-refractivity contribution in [3.05, 3.63) is 29.8 Å². The first-order valence-corrected chi connectivity index (χ1v) is 5.61. The number of benzene rings is 1. The van der Waals surface area contributed by atoms with Gasteiger partial charge < -0.3 is 5.32 Å². The van der Waals surface area contributed by atoms with Crippen LogP contribution in [0.15, 0.2) is 24.3 Å². The maximum absolute atomic E-state index is 3.33. The number of hydrogen-bond acceptors (Lipinski definition) is 1. The van der Waals surface area contributed by atoms with E-state index in [-0.39, 0.29) is 0 Å². The molecule has 1 N–H and O–H groups in total.